The van der Waals surface area contributed by atoms with Crippen molar-refractivity contribution in [2.75, 3.05) is 17.7 Å². The second-order valence-corrected chi connectivity index (χ2v) is 7.50. The van der Waals surface area contributed by atoms with Gasteiger partial charge in [0.2, 0.25) is 5.91 Å². The van der Waals surface area contributed by atoms with Gasteiger partial charge in [-0.05, 0) is 30.7 Å². The SMILES string of the molecule is COc1cc(NC(=O)CCCc2ncc(-c3ccccc3)o2)ccc1NC(=O)c1cccnc1. The monoisotopic (exact) mass is 456 g/mol. The Bertz CT molecular complexity index is 1260. The van der Waals surface area contributed by atoms with Gasteiger partial charge in [-0.2, -0.15) is 0 Å². The summed E-state index contributed by atoms with van der Waals surface area (Å²) < 4.78 is 11.2. The minimum atomic E-state index is -0.301. The van der Waals surface area contributed by atoms with E-state index in [4.69, 9.17) is 9.15 Å². The maximum atomic E-state index is 12.4. The van der Waals surface area contributed by atoms with E-state index in [9.17, 15) is 9.59 Å². The van der Waals surface area contributed by atoms with E-state index in [-0.39, 0.29) is 11.8 Å². The van der Waals surface area contributed by atoms with E-state index in [1.165, 1.54) is 13.3 Å². The van der Waals surface area contributed by atoms with Gasteiger partial charge >= 0.3 is 0 Å². The van der Waals surface area contributed by atoms with Gasteiger partial charge in [0.25, 0.3) is 5.91 Å². The van der Waals surface area contributed by atoms with Crippen molar-refractivity contribution < 1.29 is 18.7 Å². The van der Waals surface area contributed by atoms with Gasteiger partial charge in [-0.1, -0.05) is 30.3 Å². The molecule has 0 unspecified atom stereocenters. The molecule has 0 radical (unpaired) electrons. The lowest BCUT2D eigenvalue weighted by Gasteiger charge is -2.12. The molecule has 0 spiro atoms. The molecule has 8 heteroatoms. The zero-order chi connectivity index (χ0) is 23.8. The van der Waals surface area contributed by atoms with E-state index in [0.717, 1.165) is 5.56 Å². The van der Waals surface area contributed by atoms with E-state index >= 15 is 0 Å². The maximum absolute atomic E-state index is 12.4. The van der Waals surface area contributed by atoms with Crippen LogP contribution in [0.4, 0.5) is 11.4 Å². The van der Waals surface area contributed by atoms with E-state index in [1.807, 2.05) is 30.3 Å². The van der Waals surface area contributed by atoms with Crippen molar-refractivity contribution >= 4 is 23.2 Å². The van der Waals surface area contributed by atoms with Gasteiger partial charge in [0.05, 0.1) is 24.6 Å². The summed E-state index contributed by atoms with van der Waals surface area (Å²) in [5.41, 5.74) is 2.47. The molecule has 172 valence electrons. The van der Waals surface area contributed by atoms with Gasteiger partial charge in [-0.3, -0.25) is 14.6 Å². The minimum absolute atomic E-state index is 0.135. The van der Waals surface area contributed by atoms with Crippen LogP contribution in [0.15, 0.2) is 83.7 Å². The first-order chi connectivity index (χ1) is 16.6. The van der Waals surface area contributed by atoms with Crippen molar-refractivity contribution in [3.8, 4) is 17.1 Å². The van der Waals surface area contributed by atoms with Crippen LogP contribution in [0.5, 0.6) is 5.75 Å². The minimum Gasteiger partial charge on any atom is -0.494 e. The number of carbonyl (C=O) groups is 2. The molecule has 0 saturated carbocycles. The summed E-state index contributed by atoms with van der Waals surface area (Å²) in [5, 5.41) is 5.64. The molecule has 0 atom stereocenters. The average Bonchev–Trinajstić information content (AvgIpc) is 3.35. The van der Waals surface area contributed by atoms with E-state index < -0.39 is 0 Å². The van der Waals surface area contributed by atoms with E-state index in [1.54, 1.807) is 42.7 Å². The fraction of sp³-hybridized carbons (Fsp3) is 0.154. The lowest BCUT2D eigenvalue weighted by molar-refractivity contribution is -0.116. The Morgan fingerprint density at radius 1 is 1.00 bits per heavy atom. The van der Waals surface area contributed by atoms with E-state index in [0.29, 0.717) is 53.6 Å². The van der Waals surface area contributed by atoms with Crippen LogP contribution in [0.3, 0.4) is 0 Å². The van der Waals surface area contributed by atoms with Crippen LogP contribution in [0.1, 0.15) is 29.1 Å². The van der Waals surface area contributed by atoms with Crippen molar-refractivity contribution in [1.82, 2.24) is 9.97 Å². The average molecular weight is 457 g/mol. The van der Waals surface area contributed by atoms with Crippen molar-refractivity contribution in [2.45, 2.75) is 19.3 Å². The number of hydrogen-bond donors (Lipinski definition) is 2. The number of rotatable bonds is 9. The van der Waals surface area contributed by atoms with Gasteiger partial charge in [0.15, 0.2) is 11.7 Å². The smallest absolute Gasteiger partial charge is 0.257 e. The summed E-state index contributed by atoms with van der Waals surface area (Å²) in [6.45, 7) is 0. The van der Waals surface area contributed by atoms with Crippen LogP contribution in [-0.4, -0.2) is 28.9 Å². The number of aromatic nitrogens is 2. The number of benzene rings is 2. The van der Waals surface area contributed by atoms with Crippen LogP contribution >= 0.6 is 0 Å². The molecular formula is C26H24N4O4. The van der Waals surface area contributed by atoms with Crippen molar-refractivity contribution in [3.63, 3.8) is 0 Å². The second kappa shape index (κ2) is 10.9. The van der Waals surface area contributed by atoms with Crippen LogP contribution < -0.4 is 15.4 Å². The van der Waals surface area contributed by atoms with E-state index in [2.05, 4.69) is 20.6 Å². The number of aryl methyl sites for hydroxylation is 1. The topological polar surface area (TPSA) is 106 Å². The standard InChI is InChI=1S/C26H24N4O4/c1-33-22-15-20(12-13-21(22)30-26(32)19-9-6-14-27-16-19)29-24(31)10-5-11-25-28-17-23(34-25)18-7-3-2-4-8-18/h2-4,6-9,12-17H,5,10-11H2,1H3,(H,29,31)(H,30,32). The third kappa shape index (κ3) is 5.86. The number of pyridine rings is 1. The first kappa shape index (κ1) is 22.7. The molecule has 0 fully saturated rings. The molecule has 34 heavy (non-hydrogen) atoms. The largest absolute Gasteiger partial charge is 0.494 e. The lowest BCUT2D eigenvalue weighted by atomic mass is 10.2. The Hall–Kier alpha value is -4.46. The third-order valence-electron chi connectivity index (χ3n) is 5.06. The quantitative estimate of drug-likeness (QED) is 0.369. The van der Waals surface area contributed by atoms with Crippen molar-refractivity contribution in [1.29, 1.82) is 0 Å². The van der Waals surface area contributed by atoms with Gasteiger partial charge in [0.1, 0.15) is 5.75 Å². The maximum Gasteiger partial charge on any atom is 0.257 e. The van der Waals surface area contributed by atoms with Crippen LogP contribution in [0, 0.1) is 0 Å². The van der Waals surface area contributed by atoms with Crippen LogP contribution in [0.2, 0.25) is 0 Å². The summed E-state index contributed by atoms with van der Waals surface area (Å²) in [4.78, 5) is 33.0. The number of nitrogens with zero attached hydrogens (tertiary/aromatic N) is 2. The van der Waals surface area contributed by atoms with Gasteiger partial charge in [-0.25, -0.2) is 4.98 Å². The predicted molar refractivity (Wildman–Crippen MR) is 129 cm³/mol. The van der Waals surface area contributed by atoms with Crippen LogP contribution in [-0.2, 0) is 11.2 Å². The molecule has 2 N–H and O–H groups in total. The first-order valence-corrected chi connectivity index (χ1v) is 10.8. The molecule has 0 aliphatic carbocycles. The molecular weight excluding hydrogens is 432 g/mol. The zero-order valence-corrected chi connectivity index (χ0v) is 18.7. The fourth-order valence-electron chi connectivity index (χ4n) is 3.35. The lowest BCUT2D eigenvalue weighted by Crippen LogP contribution is -2.14. The summed E-state index contributed by atoms with van der Waals surface area (Å²) in [6, 6.07) is 18.2. The number of ether oxygens (including phenoxy) is 1. The highest BCUT2D eigenvalue weighted by atomic mass is 16.5. The third-order valence-corrected chi connectivity index (χ3v) is 5.06. The highest BCUT2D eigenvalue weighted by Crippen LogP contribution is 2.28. The predicted octanol–water partition coefficient (Wildman–Crippen LogP) is 4.96. The molecule has 4 aromatic rings. The fourth-order valence-corrected chi connectivity index (χ4v) is 3.35. The second-order valence-electron chi connectivity index (χ2n) is 7.50. The molecule has 0 aliphatic rings. The normalized spacial score (nSPS) is 10.5. The summed E-state index contributed by atoms with van der Waals surface area (Å²) in [5.74, 6) is 1.31. The summed E-state index contributed by atoms with van der Waals surface area (Å²) in [7, 11) is 1.50. The molecule has 2 amide bonds. The van der Waals surface area contributed by atoms with Crippen LogP contribution in [0.25, 0.3) is 11.3 Å². The molecule has 8 nitrogen and oxygen atoms in total. The first-order valence-electron chi connectivity index (χ1n) is 10.8. The Morgan fingerprint density at radius 2 is 1.85 bits per heavy atom. The molecule has 2 heterocycles. The highest BCUT2D eigenvalue weighted by Gasteiger charge is 2.12. The van der Waals surface area contributed by atoms with Gasteiger partial charge in [-0.15, -0.1) is 0 Å². The number of amides is 2. The number of hydrogen-bond acceptors (Lipinski definition) is 6. The summed E-state index contributed by atoms with van der Waals surface area (Å²) in [6.07, 6.45) is 6.25. The molecule has 2 aromatic carbocycles. The van der Waals surface area contributed by atoms with Gasteiger partial charge < -0.3 is 19.8 Å². The highest BCUT2D eigenvalue weighted by molar-refractivity contribution is 6.05. The molecule has 0 saturated heterocycles. The molecule has 0 bridgehead atoms. The molecule has 0 aliphatic heterocycles. The molecule has 4 rings (SSSR count). The number of anilines is 2. The number of oxazole rings is 1. The number of carbonyl (C=O) groups excluding carboxylic acids is 2. The molecule has 2 aromatic heterocycles. The van der Waals surface area contributed by atoms with Gasteiger partial charge in [0, 0.05) is 42.6 Å². The summed E-state index contributed by atoms with van der Waals surface area (Å²) >= 11 is 0. The Balaban J connectivity index is 1.29. The van der Waals surface area contributed by atoms with Crippen molar-refractivity contribution in [2.24, 2.45) is 0 Å². The van der Waals surface area contributed by atoms with Crippen molar-refractivity contribution in [3.05, 3.63) is 90.7 Å². The number of nitrogens with one attached hydrogen (secondary N) is 2. The Kier molecular flexibility index (Phi) is 7.29. The Morgan fingerprint density at radius 3 is 2.62 bits per heavy atom. The number of methoxy groups -OCH3 is 1. The zero-order valence-electron chi connectivity index (χ0n) is 18.7. The Labute approximate surface area is 197 Å².